The van der Waals surface area contributed by atoms with Gasteiger partial charge in [-0.2, -0.15) is 0 Å². The van der Waals surface area contributed by atoms with Crippen LogP contribution in [0.5, 0.6) is 0 Å². The van der Waals surface area contributed by atoms with E-state index in [1.165, 1.54) is 36.1 Å². The molecule has 2 heterocycles. The van der Waals surface area contributed by atoms with Crippen molar-refractivity contribution in [2.75, 3.05) is 0 Å². The summed E-state index contributed by atoms with van der Waals surface area (Å²) >= 11 is 3.49. The minimum atomic E-state index is 0.489. The minimum Gasteiger partial charge on any atom is -0.324 e. The van der Waals surface area contributed by atoms with Gasteiger partial charge in [0, 0.05) is 11.4 Å². The highest BCUT2D eigenvalue weighted by Crippen LogP contribution is 2.36. The van der Waals surface area contributed by atoms with E-state index < -0.39 is 0 Å². The zero-order valence-electron chi connectivity index (χ0n) is 8.90. The Morgan fingerprint density at radius 2 is 2.06 bits per heavy atom. The Morgan fingerprint density at radius 3 is 2.81 bits per heavy atom. The molecule has 0 saturated heterocycles. The Hall–Kier alpha value is -0.780. The van der Waals surface area contributed by atoms with Gasteiger partial charge in [0.1, 0.15) is 5.01 Å². The first kappa shape index (κ1) is 10.4. The standard InChI is InChI=1S/C11H13N3S2/c12-6-10-13-14-11(16-10)9-5-7-3-1-2-4-8(7)15-9/h5H,1-4,6,12H2. The van der Waals surface area contributed by atoms with Gasteiger partial charge in [-0.05, 0) is 37.3 Å². The van der Waals surface area contributed by atoms with E-state index in [2.05, 4.69) is 16.3 Å². The second kappa shape index (κ2) is 4.24. The van der Waals surface area contributed by atoms with E-state index in [0.717, 1.165) is 10.0 Å². The summed E-state index contributed by atoms with van der Waals surface area (Å²) in [6, 6.07) is 2.29. The maximum absolute atomic E-state index is 5.55. The third kappa shape index (κ3) is 1.79. The van der Waals surface area contributed by atoms with Crippen molar-refractivity contribution in [1.29, 1.82) is 0 Å². The maximum atomic E-state index is 5.55. The zero-order chi connectivity index (χ0) is 11.0. The fourth-order valence-corrected chi connectivity index (χ4v) is 4.04. The molecule has 2 N–H and O–H groups in total. The van der Waals surface area contributed by atoms with Crippen LogP contribution in [0.4, 0.5) is 0 Å². The second-order valence-electron chi connectivity index (χ2n) is 3.97. The summed E-state index contributed by atoms with van der Waals surface area (Å²) in [6.07, 6.45) is 5.13. The highest BCUT2D eigenvalue weighted by atomic mass is 32.1. The molecule has 2 aromatic heterocycles. The lowest BCUT2D eigenvalue weighted by Gasteiger charge is -2.08. The Kier molecular flexibility index (Phi) is 2.75. The molecule has 5 heteroatoms. The number of nitrogens with zero attached hydrogens (tertiary/aromatic N) is 2. The van der Waals surface area contributed by atoms with Crippen molar-refractivity contribution in [2.45, 2.75) is 32.2 Å². The molecule has 0 atom stereocenters. The molecular formula is C11H13N3S2. The van der Waals surface area contributed by atoms with Crippen molar-refractivity contribution < 1.29 is 0 Å². The number of thiophene rings is 1. The average molecular weight is 251 g/mol. The van der Waals surface area contributed by atoms with E-state index >= 15 is 0 Å². The van der Waals surface area contributed by atoms with Gasteiger partial charge in [0.05, 0.1) is 4.88 Å². The van der Waals surface area contributed by atoms with Crippen molar-refractivity contribution in [3.63, 3.8) is 0 Å². The topological polar surface area (TPSA) is 51.8 Å². The van der Waals surface area contributed by atoms with Crippen LogP contribution in [0.15, 0.2) is 6.07 Å². The van der Waals surface area contributed by atoms with Gasteiger partial charge in [-0.1, -0.05) is 11.3 Å². The van der Waals surface area contributed by atoms with Gasteiger partial charge in [0.2, 0.25) is 0 Å². The fourth-order valence-electron chi connectivity index (χ4n) is 2.03. The Labute approximate surface area is 102 Å². The summed E-state index contributed by atoms with van der Waals surface area (Å²) in [5.74, 6) is 0. The lowest BCUT2D eigenvalue weighted by Crippen LogP contribution is -1.96. The van der Waals surface area contributed by atoms with Crippen LogP contribution in [-0.2, 0) is 19.4 Å². The number of hydrogen-bond donors (Lipinski definition) is 1. The monoisotopic (exact) mass is 251 g/mol. The summed E-state index contributed by atoms with van der Waals surface area (Å²) in [5, 5.41) is 10.2. The summed E-state index contributed by atoms with van der Waals surface area (Å²) in [7, 11) is 0. The molecule has 2 aromatic rings. The molecule has 0 fully saturated rings. The van der Waals surface area contributed by atoms with Crippen molar-refractivity contribution >= 4 is 22.7 Å². The van der Waals surface area contributed by atoms with Crippen LogP contribution in [0.1, 0.15) is 28.3 Å². The molecule has 0 saturated carbocycles. The van der Waals surface area contributed by atoms with Crippen LogP contribution in [-0.4, -0.2) is 10.2 Å². The average Bonchev–Trinajstić information content (AvgIpc) is 2.95. The highest BCUT2D eigenvalue weighted by Gasteiger charge is 2.16. The van der Waals surface area contributed by atoms with Crippen molar-refractivity contribution in [3.05, 3.63) is 21.5 Å². The summed E-state index contributed by atoms with van der Waals surface area (Å²) in [6.45, 7) is 0.489. The molecule has 0 bridgehead atoms. The summed E-state index contributed by atoms with van der Waals surface area (Å²) in [4.78, 5) is 2.81. The number of aryl methyl sites for hydroxylation is 2. The Morgan fingerprint density at radius 1 is 1.19 bits per heavy atom. The van der Waals surface area contributed by atoms with E-state index in [0.29, 0.717) is 6.54 Å². The third-order valence-corrected chi connectivity index (χ3v) is 5.20. The summed E-state index contributed by atoms with van der Waals surface area (Å²) < 4.78 is 0. The van der Waals surface area contributed by atoms with E-state index in [1.807, 2.05) is 11.3 Å². The largest absolute Gasteiger partial charge is 0.324 e. The number of nitrogens with two attached hydrogens (primary N) is 1. The van der Waals surface area contributed by atoms with Gasteiger partial charge in [0.25, 0.3) is 0 Å². The maximum Gasteiger partial charge on any atom is 0.157 e. The Balaban J connectivity index is 1.96. The molecule has 16 heavy (non-hydrogen) atoms. The highest BCUT2D eigenvalue weighted by molar-refractivity contribution is 7.21. The first-order valence-corrected chi connectivity index (χ1v) is 7.14. The van der Waals surface area contributed by atoms with Crippen molar-refractivity contribution in [3.8, 4) is 9.88 Å². The second-order valence-corrected chi connectivity index (χ2v) is 6.17. The predicted molar refractivity (Wildman–Crippen MR) is 67.8 cm³/mol. The van der Waals surface area contributed by atoms with Crippen LogP contribution < -0.4 is 5.73 Å². The van der Waals surface area contributed by atoms with Gasteiger partial charge < -0.3 is 5.73 Å². The number of hydrogen-bond acceptors (Lipinski definition) is 5. The molecule has 1 aliphatic carbocycles. The van der Waals surface area contributed by atoms with Crippen LogP contribution in [0.2, 0.25) is 0 Å². The van der Waals surface area contributed by atoms with Crippen LogP contribution in [0.3, 0.4) is 0 Å². The van der Waals surface area contributed by atoms with Crippen LogP contribution >= 0.6 is 22.7 Å². The normalized spacial score (nSPS) is 15.1. The molecule has 0 amide bonds. The van der Waals surface area contributed by atoms with Crippen LogP contribution in [0, 0.1) is 0 Å². The SMILES string of the molecule is NCc1nnc(-c2cc3c(s2)CCCC3)s1. The molecule has 0 aliphatic heterocycles. The van der Waals surface area contributed by atoms with E-state index in [4.69, 9.17) is 5.73 Å². The lowest BCUT2D eigenvalue weighted by molar-refractivity contribution is 0.697. The third-order valence-electron chi connectivity index (χ3n) is 2.85. The van der Waals surface area contributed by atoms with Crippen molar-refractivity contribution in [2.24, 2.45) is 5.73 Å². The van der Waals surface area contributed by atoms with Crippen molar-refractivity contribution in [1.82, 2.24) is 10.2 Å². The van der Waals surface area contributed by atoms with Gasteiger partial charge in [0.15, 0.2) is 5.01 Å². The molecule has 3 nitrogen and oxygen atoms in total. The van der Waals surface area contributed by atoms with E-state index in [1.54, 1.807) is 16.2 Å². The molecule has 3 rings (SSSR count). The first-order chi connectivity index (χ1) is 7.86. The van der Waals surface area contributed by atoms with Gasteiger partial charge in [-0.3, -0.25) is 0 Å². The van der Waals surface area contributed by atoms with Crippen LogP contribution in [0.25, 0.3) is 9.88 Å². The quantitative estimate of drug-likeness (QED) is 0.892. The summed E-state index contributed by atoms with van der Waals surface area (Å²) in [5.41, 5.74) is 7.07. The van der Waals surface area contributed by atoms with E-state index in [9.17, 15) is 0 Å². The van der Waals surface area contributed by atoms with E-state index in [-0.39, 0.29) is 0 Å². The number of rotatable bonds is 2. The Bertz CT molecular complexity index is 478. The number of fused-ring (bicyclic) bond motifs is 1. The van der Waals surface area contributed by atoms with Gasteiger partial charge in [-0.15, -0.1) is 21.5 Å². The molecule has 1 aliphatic rings. The number of aromatic nitrogens is 2. The predicted octanol–water partition coefficient (Wildman–Crippen LogP) is 2.60. The molecular weight excluding hydrogens is 238 g/mol. The minimum absolute atomic E-state index is 0.489. The van der Waals surface area contributed by atoms with Gasteiger partial charge in [-0.25, -0.2) is 0 Å². The molecule has 0 aromatic carbocycles. The first-order valence-electron chi connectivity index (χ1n) is 5.51. The fraction of sp³-hybridized carbons (Fsp3) is 0.455. The molecule has 0 radical (unpaired) electrons. The van der Waals surface area contributed by atoms with Gasteiger partial charge >= 0.3 is 0 Å². The molecule has 0 spiro atoms. The molecule has 0 unspecified atom stereocenters. The molecule has 84 valence electrons. The lowest BCUT2D eigenvalue weighted by atomic mass is 9.99. The zero-order valence-corrected chi connectivity index (χ0v) is 10.5. The smallest absolute Gasteiger partial charge is 0.157 e.